The lowest BCUT2D eigenvalue weighted by Gasteiger charge is -2.10. The van der Waals surface area contributed by atoms with E-state index in [0.717, 1.165) is 11.1 Å². The summed E-state index contributed by atoms with van der Waals surface area (Å²) in [5.74, 6) is -0.130. The topological polar surface area (TPSA) is 148 Å². The molecule has 2 heterocycles. The first-order valence-electron chi connectivity index (χ1n) is 9.02. The van der Waals surface area contributed by atoms with E-state index in [-0.39, 0.29) is 16.7 Å². The number of benzene rings is 2. The fourth-order valence-corrected chi connectivity index (χ4v) is 4.01. The average Bonchev–Trinajstić information content (AvgIpc) is 3.32. The third-order valence-corrected chi connectivity index (χ3v) is 5.53. The van der Waals surface area contributed by atoms with Gasteiger partial charge in [0.05, 0.1) is 16.2 Å². The predicted octanol–water partition coefficient (Wildman–Crippen LogP) is 3.08. The highest BCUT2D eigenvalue weighted by Crippen LogP contribution is 2.31. The zero-order valence-electron chi connectivity index (χ0n) is 15.9. The molecular formula is C21H14N6O3S. The summed E-state index contributed by atoms with van der Waals surface area (Å²) in [6.07, 6.45) is 0. The Labute approximate surface area is 179 Å². The van der Waals surface area contributed by atoms with E-state index in [9.17, 15) is 20.0 Å². The van der Waals surface area contributed by atoms with Crippen LogP contribution in [-0.4, -0.2) is 36.7 Å². The van der Waals surface area contributed by atoms with Crippen LogP contribution in [0.2, 0.25) is 0 Å². The van der Waals surface area contributed by atoms with Gasteiger partial charge in [0, 0.05) is 22.9 Å². The molecule has 3 N–H and O–H groups in total. The Hall–Kier alpha value is -4.23. The molecule has 10 heteroatoms. The number of aromatic carboxylic acids is 1. The van der Waals surface area contributed by atoms with Gasteiger partial charge in [-0.3, -0.25) is 4.79 Å². The largest absolute Gasteiger partial charge is 0.478 e. The summed E-state index contributed by atoms with van der Waals surface area (Å²) in [5.41, 5.74) is 2.59. The Kier molecular flexibility index (Phi) is 5.59. The van der Waals surface area contributed by atoms with Crippen LogP contribution >= 0.6 is 11.8 Å². The average molecular weight is 430 g/mol. The number of aromatic amines is 2. The van der Waals surface area contributed by atoms with Crippen molar-refractivity contribution in [3.05, 3.63) is 81.6 Å². The number of H-pyrrole nitrogens is 2. The molecule has 0 saturated carbocycles. The predicted molar refractivity (Wildman–Crippen MR) is 113 cm³/mol. The number of pyridine rings is 1. The van der Waals surface area contributed by atoms with Crippen molar-refractivity contribution < 1.29 is 9.90 Å². The van der Waals surface area contributed by atoms with Crippen molar-refractivity contribution in [2.24, 2.45) is 0 Å². The maximum Gasteiger partial charge on any atom is 0.335 e. The molecule has 0 radical (unpaired) electrons. The van der Waals surface area contributed by atoms with Crippen molar-refractivity contribution in [1.82, 2.24) is 25.6 Å². The fraction of sp³-hybridized carbons (Fsp3) is 0.0476. The lowest BCUT2D eigenvalue weighted by Crippen LogP contribution is -2.09. The maximum atomic E-state index is 12.3. The number of thioether (sulfide) groups is 1. The standard InChI is InChI=1S/C21H14N6O3S/c22-10-17-16(13-4-2-6-15(8-13)21(29)30)9-18(28)23-20(17)31-11-12-3-1-5-14(7-12)19-24-26-27-25-19/h1-9H,11H2,(H,23,28)(H,29,30)(H,24,25,26,27). The van der Waals surface area contributed by atoms with Crippen molar-refractivity contribution in [2.75, 3.05) is 0 Å². The van der Waals surface area contributed by atoms with Crippen molar-refractivity contribution >= 4 is 17.7 Å². The van der Waals surface area contributed by atoms with Gasteiger partial charge in [-0.05, 0) is 34.5 Å². The van der Waals surface area contributed by atoms with Crippen LogP contribution in [0.25, 0.3) is 22.5 Å². The number of nitrogens with zero attached hydrogens (tertiary/aromatic N) is 4. The molecule has 0 spiro atoms. The van der Waals surface area contributed by atoms with Gasteiger partial charge in [-0.15, -0.1) is 22.0 Å². The number of nitriles is 1. The van der Waals surface area contributed by atoms with E-state index in [2.05, 4.69) is 31.7 Å². The Morgan fingerprint density at radius 1 is 1.13 bits per heavy atom. The van der Waals surface area contributed by atoms with Crippen LogP contribution in [0.5, 0.6) is 0 Å². The molecule has 0 fully saturated rings. The van der Waals surface area contributed by atoms with Gasteiger partial charge in [0.15, 0.2) is 0 Å². The zero-order valence-corrected chi connectivity index (χ0v) is 16.7. The molecule has 0 atom stereocenters. The number of nitrogens with one attached hydrogen (secondary N) is 2. The van der Waals surface area contributed by atoms with Gasteiger partial charge < -0.3 is 10.1 Å². The molecule has 31 heavy (non-hydrogen) atoms. The summed E-state index contributed by atoms with van der Waals surface area (Å²) in [7, 11) is 0. The van der Waals surface area contributed by atoms with E-state index >= 15 is 0 Å². The minimum absolute atomic E-state index is 0.0779. The van der Waals surface area contributed by atoms with Crippen LogP contribution in [0.4, 0.5) is 0 Å². The molecule has 0 aliphatic carbocycles. The molecule has 0 amide bonds. The normalized spacial score (nSPS) is 10.5. The summed E-state index contributed by atoms with van der Waals surface area (Å²) in [6.45, 7) is 0. The van der Waals surface area contributed by atoms with E-state index in [1.165, 1.54) is 30.0 Å². The Morgan fingerprint density at radius 3 is 2.68 bits per heavy atom. The number of hydrogen-bond donors (Lipinski definition) is 3. The van der Waals surface area contributed by atoms with Crippen LogP contribution in [0.3, 0.4) is 0 Å². The molecule has 0 aliphatic rings. The van der Waals surface area contributed by atoms with Crippen LogP contribution < -0.4 is 5.56 Å². The van der Waals surface area contributed by atoms with Gasteiger partial charge in [0.1, 0.15) is 6.07 Å². The summed E-state index contributed by atoms with van der Waals surface area (Å²) >= 11 is 1.31. The Bertz CT molecular complexity index is 1360. The molecule has 2 aromatic carbocycles. The van der Waals surface area contributed by atoms with Crippen LogP contribution in [0.1, 0.15) is 21.5 Å². The van der Waals surface area contributed by atoms with Gasteiger partial charge in [-0.25, -0.2) is 4.79 Å². The quantitative estimate of drug-likeness (QED) is 0.395. The number of rotatable bonds is 6. The first-order valence-corrected chi connectivity index (χ1v) is 10.0. The lowest BCUT2D eigenvalue weighted by atomic mass is 10.0. The smallest absolute Gasteiger partial charge is 0.335 e. The van der Waals surface area contributed by atoms with Gasteiger partial charge >= 0.3 is 5.97 Å². The third-order valence-electron chi connectivity index (χ3n) is 4.45. The number of hydrogen-bond acceptors (Lipinski definition) is 7. The van der Waals surface area contributed by atoms with Gasteiger partial charge in [-0.1, -0.05) is 30.3 Å². The van der Waals surface area contributed by atoms with E-state index in [1.807, 2.05) is 24.3 Å². The molecule has 4 rings (SSSR count). The number of carboxylic acid groups (broad SMARTS) is 1. The first-order chi connectivity index (χ1) is 15.0. The monoisotopic (exact) mass is 430 g/mol. The Morgan fingerprint density at radius 2 is 1.94 bits per heavy atom. The molecule has 2 aromatic heterocycles. The highest BCUT2D eigenvalue weighted by atomic mass is 32.2. The van der Waals surface area contributed by atoms with Crippen molar-refractivity contribution in [3.8, 4) is 28.6 Å². The minimum Gasteiger partial charge on any atom is -0.478 e. The van der Waals surface area contributed by atoms with Crippen molar-refractivity contribution in [2.45, 2.75) is 10.8 Å². The number of carboxylic acids is 1. The number of tetrazole rings is 1. The van der Waals surface area contributed by atoms with Gasteiger partial charge in [-0.2, -0.15) is 10.5 Å². The summed E-state index contributed by atoms with van der Waals surface area (Å²) in [6, 6.07) is 17.1. The second-order valence-electron chi connectivity index (χ2n) is 6.47. The molecule has 0 bridgehead atoms. The molecule has 0 saturated heterocycles. The molecule has 9 nitrogen and oxygen atoms in total. The van der Waals surface area contributed by atoms with Crippen molar-refractivity contribution in [3.63, 3.8) is 0 Å². The first kappa shape index (κ1) is 20.1. The van der Waals surface area contributed by atoms with Gasteiger partial charge in [0.2, 0.25) is 11.4 Å². The summed E-state index contributed by atoms with van der Waals surface area (Å²) in [4.78, 5) is 26.3. The van der Waals surface area contributed by atoms with Gasteiger partial charge in [0.25, 0.3) is 0 Å². The number of aromatic nitrogens is 5. The second-order valence-corrected chi connectivity index (χ2v) is 7.46. The fourth-order valence-electron chi connectivity index (χ4n) is 3.04. The highest BCUT2D eigenvalue weighted by molar-refractivity contribution is 7.98. The second kappa shape index (κ2) is 8.64. The third kappa shape index (κ3) is 4.36. The Balaban J connectivity index is 1.67. The van der Waals surface area contributed by atoms with E-state index in [0.29, 0.717) is 27.7 Å². The van der Waals surface area contributed by atoms with Crippen LogP contribution in [-0.2, 0) is 5.75 Å². The molecule has 0 aliphatic heterocycles. The summed E-state index contributed by atoms with van der Waals surface area (Å²) in [5, 5.41) is 33.3. The minimum atomic E-state index is -1.08. The highest BCUT2D eigenvalue weighted by Gasteiger charge is 2.15. The SMILES string of the molecule is N#Cc1c(-c2cccc(C(=O)O)c2)cc(=O)[nH]c1SCc1cccc(-c2nn[nH]n2)c1. The molecule has 0 unspecified atom stereocenters. The molecule has 4 aromatic rings. The summed E-state index contributed by atoms with van der Waals surface area (Å²) < 4.78 is 0. The maximum absolute atomic E-state index is 12.3. The van der Waals surface area contributed by atoms with E-state index in [4.69, 9.17) is 0 Å². The zero-order chi connectivity index (χ0) is 21.8. The van der Waals surface area contributed by atoms with Crippen molar-refractivity contribution in [1.29, 1.82) is 5.26 Å². The molecular weight excluding hydrogens is 416 g/mol. The van der Waals surface area contributed by atoms with E-state index < -0.39 is 5.97 Å². The van der Waals surface area contributed by atoms with E-state index in [1.54, 1.807) is 12.1 Å². The number of carbonyl (C=O) groups is 1. The van der Waals surface area contributed by atoms with Crippen LogP contribution in [0.15, 0.2) is 64.4 Å². The molecule has 152 valence electrons. The van der Waals surface area contributed by atoms with Crippen LogP contribution in [0, 0.1) is 11.3 Å². The lowest BCUT2D eigenvalue weighted by molar-refractivity contribution is 0.0697.